The average molecular weight is 276 g/mol. The van der Waals surface area contributed by atoms with E-state index in [1.165, 1.54) is 0 Å². The number of rotatable bonds is 7. The van der Waals surface area contributed by atoms with Crippen molar-refractivity contribution in [3.05, 3.63) is 23.9 Å². The topological polar surface area (TPSA) is 93.0 Å². The summed E-state index contributed by atoms with van der Waals surface area (Å²) in [5.41, 5.74) is 7.56. The van der Waals surface area contributed by atoms with Crippen LogP contribution in [0.15, 0.2) is 18.2 Å². The van der Waals surface area contributed by atoms with Gasteiger partial charge in [-0.25, -0.2) is 0 Å². The molecule has 2 aromatic rings. The molecule has 0 saturated heterocycles. The molecule has 1 aromatic carbocycles. The number of nitrogen functional groups attached to an aromatic ring is 1. The number of H-pyrrole nitrogens is 1. The molecule has 0 bridgehead atoms. The zero-order valence-corrected chi connectivity index (χ0v) is 11.6. The highest BCUT2D eigenvalue weighted by atomic mass is 16.5. The molecule has 20 heavy (non-hydrogen) atoms. The Balaban J connectivity index is 1.89. The normalized spacial score (nSPS) is 10.8. The van der Waals surface area contributed by atoms with E-state index in [0.717, 1.165) is 36.8 Å². The summed E-state index contributed by atoms with van der Waals surface area (Å²) in [7, 11) is 1.69. The number of nitrogens with two attached hydrogens (primary N) is 1. The lowest BCUT2D eigenvalue weighted by Crippen LogP contribution is -2.25. The van der Waals surface area contributed by atoms with Crippen LogP contribution in [0.3, 0.4) is 0 Å². The molecule has 108 valence electrons. The second-order valence-corrected chi connectivity index (χ2v) is 4.69. The van der Waals surface area contributed by atoms with E-state index in [9.17, 15) is 4.79 Å². The first-order valence-electron chi connectivity index (χ1n) is 6.73. The Kier molecular flexibility index (Phi) is 4.95. The maximum absolute atomic E-state index is 12.1. The third kappa shape index (κ3) is 3.48. The van der Waals surface area contributed by atoms with Gasteiger partial charge in [-0.2, -0.15) is 5.10 Å². The van der Waals surface area contributed by atoms with Crippen LogP contribution in [0.2, 0.25) is 0 Å². The van der Waals surface area contributed by atoms with Gasteiger partial charge in [0, 0.05) is 31.3 Å². The number of hydrogen-bond donors (Lipinski definition) is 3. The van der Waals surface area contributed by atoms with Gasteiger partial charge in [-0.1, -0.05) is 0 Å². The second-order valence-electron chi connectivity index (χ2n) is 4.69. The number of unbranched alkanes of at least 4 members (excludes halogenated alkanes) is 2. The average Bonchev–Trinajstić information content (AvgIpc) is 2.85. The zero-order chi connectivity index (χ0) is 14.4. The highest BCUT2D eigenvalue weighted by Crippen LogP contribution is 2.18. The number of amides is 1. The summed E-state index contributed by atoms with van der Waals surface area (Å²) in [4.78, 5) is 12.1. The number of nitrogens with zero attached hydrogens (tertiary/aromatic N) is 1. The van der Waals surface area contributed by atoms with E-state index in [1.54, 1.807) is 19.2 Å². The predicted octanol–water partition coefficient (Wildman–Crippen LogP) is 1.69. The number of fused-ring (bicyclic) bond motifs is 1. The quantitative estimate of drug-likeness (QED) is 0.530. The molecule has 0 saturated carbocycles. The van der Waals surface area contributed by atoms with E-state index in [0.29, 0.717) is 17.9 Å². The van der Waals surface area contributed by atoms with Gasteiger partial charge in [-0.3, -0.25) is 9.89 Å². The first-order valence-corrected chi connectivity index (χ1v) is 6.73. The summed E-state index contributed by atoms with van der Waals surface area (Å²) in [6.45, 7) is 1.40. The number of methoxy groups -OCH3 is 1. The van der Waals surface area contributed by atoms with Crippen molar-refractivity contribution < 1.29 is 9.53 Å². The number of nitrogens with one attached hydrogen (secondary N) is 2. The van der Waals surface area contributed by atoms with Crippen LogP contribution in [0.1, 0.15) is 29.8 Å². The molecule has 6 nitrogen and oxygen atoms in total. The molecule has 6 heteroatoms. The minimum absolute atomic E-state index is 0.173. The number of aromatic nitrogens is 2. The SMILES string of the molecule is COCCCCCNC(=O)c1n[nH]c2ccc(N)cc12. The maximum atomic E-state index is 12.1. The summed E-state index contributed by atoms with van der Waals surface area (Å²) in [5.74, 6) is -0.173. The molecule has 4 N–H and O–H groups in total. The molecule has 0 fully saturated rings. The van der Waals surface area contributed by atoms with Crippen molar-refractivity contribution in [2.75, 3.05) is 26.0 Å². The lowest BCUT2D eigenvalue weighted by Gasteiger charge is -2.03. The van der Waals surface area contributed by atoms with E-state index in [4.69, 9.17) is 10.5 Å². The molecular weight excluding hydrogens is 256 g/mol. The smallest absolute Gasteiger partial charge is 0.272 e. The van der Waals surface area contributed by atoms with Crippen molar-refractivity contribution in [2.45, 2.75) is 19.3 Å². The molecule has 1 aromatic heterocycles. The molecule has 0 radical (unpaired) electrons. The predicted molar refractivity (Wildman–Crippen MR) is 78.6 cm³/mol. The van der Waals surface area contributed by atoms with E-state index in [2.05, 4.69) is 15.5 Å². The van der Waals surface area contributed by atoms with Gasteiger partial charge in [0.15, 0.2) is 5.69 Å². The number of hydrogen-bond acceptors (Lipinski definition) is 4. The van der Waals surface area contributed by atoms with Gasteiger partial charge in [0.1, 0.15) is 0 Å². The Morgan fingerprint density at radius 1 is 1.40 bits per heavy atom. The van der Waals surface area contributed by atoms with Crippen LogP contribution in [-0.2, 0) is 4.74 Å². The minimum Gasteiger partial charge on any atom is -0.399 e. The molecule has 0 aliphatic carbocycles. The van der Waals surface area contributed by atoms with Crippen molar-refractivity contribution in [3.63, 3.8) is 0 Å². The summed E-state index contributed by atoms with van der Waals surface area (Å²) in [6.07, 6.45) is 2.97. The Labute approximate surface area is 117 Å². The van der Waals surface area contributed by atoms with E-state index in [-0.39, 0.29) is 5.91 Å². The number of ether oxygens (including phenoxy) is 1. The number of carbonyl (C=O) groups is 1. The highest BCUT2D eigenvalue weighted by molar-refractivity contribution is 6.05. The summed E-state index contributed by atoms with van der Waals surface area (Å²) >= 11 is 0. The molecule has 0 aliphatic rings. The number of carbonyl (C=O) groups excluding carboxylic acids is 1. The molecule has 1 heterocycles. The van der Waals surface area contributed by atoms with Gasteiger partial charge < -0.3 is 15.8 Å². The fraction of sp³-hybridized carbons (Fsp3) is 0.429. The standard InChI is InChI=1S/C14H20N4O2/c1-20-8-4-2-3-7-16-14(19)13-11-9-10(15)5-6-12(11)17-18-13/h5-6,9H,2-4,7-8,15H2,1H3,(H,16,19)(H,17,18). The molecule has 0 aliphatic heterocycles. The third-order valence-corrected chi connectivity index (χ3v) is 3.11. The van der Waals surface area contributed by atoms with Crippen LogP contribution in [0, 0.1) is 0 Å². The Hall–Kier alpha value is -2.08. The molecule has 1 amide bonds. The van der Waals surface area contributed by atoms with Crippen LogP contribution in [0.5, 0.6) is 0 Å². The first kappa shape index (κ1) is 14.3. The van der Waals surface area contributed by atoms with Gasteiger partial charge in [0.05, 0.1) is 5.52 Å². The van der Waals surface area contributed by atoms with Crippen LogP contribution in [0.25, 0.3) is 10.9 Å². The number of aromatic amines is 1. The van der Waals surface area contributed by atoms with Crippen molar-refractivity contribution >= 4 is 22.5 Å². The fourth-order valence-electron chi connectivity index (χ4n) is 2.04. The molecule has 0 atom stereocenters. The minimum atomic E-state index is -0.173. The van der Waals surface area contributed by atoms with E-state index in [1.807, 2.05) is 6.07 Å². The van der Waals surface area contributed by atoms with Crippen LogP contribution >= 0.6 is 0 Å². The first-order chi connectivity index (χ1) is 9.72. The molecule has 2 rings (SSSR count). The highest BCUT2D eigenvalue weighted by Gasteiger charge is 2.13. The van der Waals surface area contributed by atoms with Crippen LogP contribution in [-0.4, -0.2) is 36.4 Å². The van der Waals surface area contributed by atoms with Gasteiger partial charge in [-0.15, -0.1) is 0 Å². The largest absolute Gasteiger partial charge is 0.399 e. The third-order valence-electron chi connectivity index (χ3n) is 3.11. The van der Waals surface area contributed by atoms with Crippen LogP contribution in [0.4, 0.5) is 5.69 Å². The lowest BCUT2D eigenvalue weighted by atomic mass is 10.2. The van der Waals surface area contributed by atoms with Crippen molar-refractivity contribution in [1.29, 1.82) is 0 Å². The summed E-state index contributed by atoms with van der Waals surface area (Å²) in [5, 5.41) is 10.5. The Bertz CT molecular complexity index is 580. The number of benzene rings is 1. The Morgan fingerprint density at radius 2 is 2.25 bits per heavy atom. The van der Waals surface area contributed by atoms with Crippen molar-refractivity contribution in [1.82, 2.24) is 15.5 Å². The van der Waals surface area contributed by atoms with Crippen LogP contribution < -0.4 is 11.1 Å². The van der Waals surface area contributed by atoms with Gasteiger partial charge in [-0.05, 0) is 37.5 Å². The van der Waals surface area contributed by atoms with E-state index < -0.39 is 0 Å². The fourth-order valence-corrected chi connectivity index (χ4v) is 2.04. The van der Waals surface area contributed by atoms with Crippen molar-refractivity contribution in [2.24, 2.45) is 0 Å². The maximum Gasteiger partial charge on any atom is 0.272 e. The molecular formula is C14H20N4O2. The lowest BCUT2D eigenvalue weighted by molar-refractivity contribution is 0.0949. The van der Waals surface area contributed by atoms with Gasteiger partial charge >= 0.3 is 0 Å². The monoisotopic (exact) mass is 276 g/mol. The second kappa shape index (κ2) is 6.91. The van der Waals surface area contributed by atoms with Gasteiger partial charge in [0.25, 0.3) is 5.91 Å². The Morgan fingerprint density at radius 3 is 3.05 bits per heavy atom. The van der Waals surface area contributed by atoms with Gasteiger partial charge in [0.2, 0.25) is 0 Å². The van der Waals surface area contributed by atoms with E-state index >= 15 is 0 Å². The summed E-state index contributed by atoms with van der Waals surface area (Å²) < 4.78 is 4.97. The zero-order valence-electron chi connectivity index (χ0n) is 11.6. The number of anilines is 1. The molecule has 0 spiro atoms. The van der Waals surface area contributed by atoms with Crippen molar-refractivity contribution in [3.8, 4) is 0 Å². The summed E-state index contributed by atoms with van der Waals surface area (Å²) in [6, 6.07) is 5.35. The molecule has 0 unspecified atom stereocenters.